The number of ether oxygens (including phenoxy) is 2. The van der Waals surface area contributed by atoms with Crippen molar-refractivity contribution in [1.29, 1.82) is 0 Å². The summed E-state index contributed by atoms with van der Waals surface area (Å²) in [6.45, 7) is 18.1. The highest BCUT2D eigenvalue weighted by Crippen LogP contribution is 2.46. The van der Waals surface area contributed by atoms with Gasteiger partial charge in [0, 0.05) is 29.1 Å². The molecule has 208 valence electrons. The molecule has 3 atom stereocenters. The second kappa shape index (κ2) is 13.0. The van der Waals surface area contributed by atoms with Crippen LogP contribution in [-0.4, -0.2) is 65.2 Å². The van der Waals surface area contributed by atoms with Crippen molar-refractivity contribution in [2.45, 2.75) is 121 Å². The molecule has 2 aliphatic rings. The highest BCUT2D eigenvalue weighted by molar-refractivity contribution is 8.77. The van der Waals surface area contributed by atoms with Crippen molar-refractivity contribution < 1.29 is 28.3 Å². The van der Waals surface area contributed by atoms with Gasteiger partial charge in [0.25, 0.3) is 8.32 Å². The van der Waals surface area contributed by atoms with Crippen LogP contribution < -0.4 is 0 Å². The summed E-state index contributed by atoms with van der Waals surface area (Å²) in [7, 11) is 1.42. The van der Waals surface area contributed by atoms with Gasteiger partial charge in [0.05, 0.1) is 5.88 Å². The van der Waals surface area contributed by atoms with Crippen molar-refractivity contribution in [1.82, 2.24) is 4.90 Å². The van der Waals surface area contributed by atoms with E-state index in [1.165, 1.54) is 35.8 Å². The molecule has 0 aromatic heterocycles. The van der Waals surface area contributed by atoms with Gasteiger partial charge >= 0.3 is 18.0 Å². The first kappa shape index (κ1) is 31.7. The summed E-state index contributed by atoms with van der Waals surface area (Å²) < 4.78 is 16.4. The van der Waals surface area contributed by atoms with E-state index < -0.39 is 37.5 Å². The normalized spacial score (nSPS) is 23.0. The maximum atomic E-state index is 13.4. The molecule has 1 amide bonds. The molecule has 2 aliphatic heterocycles. The summed E-state index contributed by atoms with van der Waals surface area (Å²) in [5.74, 6) is 1.09. The van der Waals surface area contributed by atoms with Gasteiger partial charge in [0.1, 0.15) is 6.04 Å². The summed E-state index contributed by atoms with van der Waals surface area (Å²) >= 11 is 1.51. The Morgan fingerprint density at radius 3 is 2.36 bits per heavy atom. The Bertz CT molecular complexity index is 786. The Morgan fingerprint density at radius 1 is 1.11 bits per heavy atom. The highest BCUT2D eigenvalue weighted by Gasteiger charge is 2.53. The lowest BCUT2D eigenvalue weighted by Crippen LogP contribution is -2.55. The van der Waals surface area contributed by atoms with Gasteiger partial charge in [-0.1, -0.05) is 55.7 Å². The van der Waals surface area contributed by atoms with Gasteiger partial charge in [-0.15, -0.1) is 11.8 Å². The third kappa shape index (κ3) is 8.24. The minimum absolute atomic E-state index is 0.137. The minimum atomic E-state index is -2.44. The molecule has 11 heteroatoms. The molecule has 0 spiro atoms. The van der Waals surface area contributed by atoms with Gasteiger partial charge in [-0.05, 0) is 57.2 Å². The summed E-state index contributed by atoms with van der Waals surface area (Å²) in [6.07, 6.45) is 2.71. The molecule has 2 unspecified atom stereocenters. The van der Waals surface area contributed by atoms with E-state index in [1.807, 2.05) is 35.4 Å². The van der Waals surface area contributed by atoms with E-state index in [-0.39, 0.29) is 11.0 Å². The topological polar surface area (TPSA) is 82.1 Å². The molecular weight excluding hydrogens is 535 g/mol. The number of hydrogen-bond acceptors (Lipinski definition) is 9. The van der Waals surface area contributed by atoms with Crippen LogP contribution in [0.1, 0.15) is 80.6 Å². The highest BCUT2D eigenvalue weighted by atomic mass is 33.1. The zero-order valence-electron chi connectivity index (χ0n) is 23.4. The van der Waals surface area contributed by atoms with E-state index in [0.29, 0.717) is 23.5 Å². The molecular formula is C25H45NO6S3Si. The Balaban J connectivity index is 1.90. The average Bonchev–Trinajstić information content (AvgIpc) is 3.37. The Hall–Kier alpha value is -0.523. The van der Waals surface area contributed by atoms with Crippen LogP contribution in [0.2, 0.25) is 18.1 Å². The fraction of sp³-hybridized carbons (Fsp3) is 0.880. The number of amides is 1. The molecule has 0 bridgehead atoms. The second-order valence-electron chi connectivity index (χ2n) is 11.6. The SMILES string of the molecule is CC(OC(=O)CCCC[C@H]1CCSS1)OC(=O)N1CSC(C)(C)C1C(=O)O[Si](C)(C)C(C)(C)C(C)C. The Labute approximate surface area is 230 Å². The monoisotopic (exact) mass is 579 g/mol. The van der Waals surface area contributed by atoms with Crippen molar-refractivity contribution in [3.05, 3.63) is 0 Å². The number of hydrogen-bond donors (Lipinski definition) is 0. The first-order valence-corrected chi connectivity index (χ1v) is 19.2. The third-order valence-corrected chi connectivity index (χ3v) is 16.6. The minimum Gasteiger partial charge on any atom is -0.518 e. The summed E-state index contributed by atoms with van der Waals surface area (Å²) in [5, 5.41) is 0.555. The number of rotatable bonds is 11. The van der Waals surface area contributed by atoms with Crippen LogP contribution in [0.25, 0.3) is 0 Å². The van der Waals surface area contributed by atoms with Crippen molar-refractivity contribution in [2.24, 2.45) is 5.92 Å². The van der Waals surface area contributed by atoms with Crippen LogP contribution in [-0.2, 0) is 23.5 Å². The van der Waals surface area contributed by atoms with Gasteiger partial charge in [0.2, 0.25) is 6.29 Å². The molecule has 0 aromatic carbocycles. The van der Waals surface area contributed by atoms with Gasteiger partial charge in [-0.3, -0.25) is 14.5 Å². The van der Waals surface area contributed by atoms with E-state index in [2.05, 4.69) is 40.8 Å². The molecule has 0 radical (unpaired) electrons. The molecule has 2 saturated heterocycles. The number of carbonyl (C=O) groups is 3. The standard InChI is InChI=1S/C25H45NO6S3Si/c1-17(2)25(6,7)36(8,9)32-22(28)21-24(4,5)33-16-26(21)23(29)31-18(3)30-20(27)13-11-10-12-19-14-15-34-35-19/h17-19,21H,10-16H2,1-9H3/t18?,19-,21?/m0/s1. The van der Waals surface area contributed by atoms with Crippen LogP contribution in [0.3, 0.4) is 0 Å². The molecule has 0 saturated carbocycles. The number of nitrogens with zero attached hydrogens (tertiary/aromatic N) is 1. The van der Waals surface area contributed by atoms with E-state index in [4.69, 9.17) is 13.9 Å². The van der Waals surface area contributed by atoms with Crippen molar-refractivity contribution in [3.63, 3.8) is 0 Å². The van der Waals surface area contributed by atoms with Gasteiger partial charge < -0.3 is 13.9 Å². The molecule has 7 nitrogen and oxygen atoms in total. The van der Waals surface area contributed by atoms with Gasteiger partial charge in [0.15, 0.2) is 0 Å². The predicted octanol–water partition coefficient (Wildman–Crippen LogP) is 7.06. The Kier molecular flexibility index (Phi) is 11.5. The fourth-order valence-corrected chi connectivity index (χ4v) is 10.6. The quantitative estimate of drug-likeness (QED) is 0.0839. The summed E-state index contributed by atoms with van der Waals surface area (Å²) in [4.78, 5) is 40.1. The van der Waals surface area contributed by atoms with Crippen LogP contribution in [0.5, 0.6) is 0 Å². The molecule has 0 N–H and O–H groups in total. The molecule has 36 heavy (non-hydrogen) atoms. The summed E-state index contributed by atoms with van der Waals surface area (Å²) in [6, 6.07) is -0.778. The maximum absolute atomic E-state index is 13.4. The first-order valence-electron chi connectivity index (χ1n) is 12.9. The summed E-state index contributed by atoms with van der Waals surface area (Å²) in [5.41, 5.74) is 0. The second-order valence-corrected chi connectivity index (χ2v) is 20.5. The smallest absolute Gasteiger partial charge is 0.414 e. The number of unbranched alkanes of at least 4 members (excludes halogenated alkanes) is 1. The zero-order valence-corrected chi connectivity index (χ0v) is 26.8. The average molecular weight is 580 g/mol. The van der Waals surface area contributed by atoms with E-state index in [0.717, 1.165) is 19.3 Å². The lowest BCUT2D eigenvalue weighted by Gasteiger charge is -2.43. The van der Waals surface area contributed by atoms with Crippen LogP contribution in [0, 0.1) is 5.92 Å². The van der Waals surface area contributed by atoms with E-state index in [9.17, 15) is 14.4 Å². The van der Waals surface area contributed by atoms with Gasteiger partial charge in [-0.25, -0.2) is 4.79 Å². The van der Waals surface area contributed by atoms with Crippen molar-refractivity contribution in [2.75, 3.05) is 11.6 Å². The molecule has 0 aromatic rings. The lowest BCUT2D eigenvalue weighted by molar-refractivity contribution is -0.167. The third-order valence-electron chi connectivity index (χ3n) is 7.80. The van der Waals surface area contributed by atoms with E-state index >= 15 is 0 Å². The van der Waals surface area contributed by atoms with Crippen molar-refractivity contribution in [3.8, 4) is 0 Å². The number of esters is 1. The van der Waals surface area contributed by atoms with Crippen LogP contribution in [0.15, 0.2) is 0 Å². The predicted molar refractivity (Wildman–Crippen MR) is 154 cm³/mol. The maximum Gasteiger partial charge on any atom is 0.414 e. The van der Waals surface area contributed by atoms with E-state index in [1.54, 1.807) is 0 Å². The lowest BCUT2D eigenvalue weighted by atomic mass is 9.99. The molecule has 0 aliphatic carbocycles. The zero-order chi connectivity index (χ0) is 27.3. The fourth-order valence-electron chi connectivity index (χ4n) is 4.15. The number of thioether (sulfide) groups is 1. The molecule has 2 rings (SSSR count). The van der Waals surface area contributed by atoms with Crippen LogP contribution >= 0.6 is 33.3 Å². The Morgan fingerprint density at radius 2 is 1.78 bits per heavy atom. The van der Waals surface area contributed by atoms with Crippen LogP contribution in [0.4, 0.5) is 4.79 Å². The number of carbonyl (C=O) groups excluding carboxylic acids is 3. The largest absolute Gasteiger partial charge is 0.518 e. The molecule has 2 fully saturated rings. The van der Waals surface area contributed by atoms with Crippen molar-refractivity contribution >= 4 is 59.7 Å². The van der Waals surface area contributed by atoms with Gasteiger partial charge in [-0.2, -0.15) is 0 Å². The first-order chi connectivity index (χ1) is 16.6. The molecule has 2 heterocycles.